The second-order valence-electron chi connectivity index (χ2n) is 4.01. The smallest absolute Gasteiger partial charge is 0.0795 e. The van der Waals surface area contributed by atoms with E-state index in [-0.39, 0.29) is 0 Å². The maximum absolute atomic E-state index is 4.24. The van der Waals surface area contributed by atoms with E-state index in [9.17, 15) is 0 Å². The summed E-state index contributed by atoms with van der Waals surface area (Å²) in [6.07, 6.45) is 0. The van der Waals surface area contributed by atoms with E-state index in [2.05, 4.69) is 47.7 Å². The summed E-state index contributed by atoms with van der Waals surface area (Å²) in [7, 11) is 0. The number of nitrogens with one attached hydrogen (secondary N) is 1. The fourth-order valence-electron chi connectivity index (χ4n) is 1.69. The molecule has 0 bridgehead atoms. The number of hydrogen-bond donors (Lipinski definition) is 1. The van der Waals surface area contributed by atoms with E-state index in [0.29, 0.717) is 0 Å². The minimum Gasteiger partial charge on any atom is -0.307 e. The Kier molecular flexibility index (Phi) is 3.70. The van der Waals surface area contributed by atoms with Gasteiger partial charge in [0.15, 0.2) is 0 Å². The standard InChI is InChI=1S/C13H16N2S/c1-10-3-4-12(11(2)5-10)6-14-7-13-8-16-9-15-13/h3-5,8-9,14H,6-7H2,1-2H3. The molecule has 0 amide bonds. The maximum atomic E-state index is 4.24. The summed E-state index contributed by atoms with van der Waals surface area (Å²) in [6.45, 7) is 6.03. The van der Waals surface area contributed by atoms with Crippen LogP contribution in [0.25, 0.3) is 0 Å². The van der Waals surface area contributed by atoms with E-state index >= 15 is 0 Å². The molecule has 0 unspecified atom stereocenters. The Balaban J connectivity index is 1.90. The summed E-state index contributed by atoms with van der Waals surface area (Å²) in [5.74, 6) is 0. The third kappa shape index (κ3) is 2.90. The molecule has 2 nitrogen and oxygen atoms in total. The van der Waals surface area contributed by atoms with E-state index < -0.39 is 0 Å². The molecule has 2 aromatic rings. The SMILES string of the molecule is Cc1ccc(CNCc2cscn2)c(C)c1. The van der Waals surface area contributed by atoms with E-state index in [1.165, 1.54) is 16.7 Å². The molecule has 0 saturated carbocycles. The molecular formula is C13H16N2S. The molecule has 84 valence electrons. The minimum absolute atomic E-state index is 0.844. The van der Waals surface area contributed by atoms with Gasteiger partial charge >= 0.3 is 0 Å². The molecule has 0 radical (unpaired) electrons. The highest BCUT2D eigenvalue weighted by molar-refractivity contribution is 7.07. The zero-order valence-electron chi connectivity index (χ0n) is 9.66. The van der Waals surface area contributed by atoms with Crippen molar-refractivity contribution in [1.82, 2.24) is 10.3 Å². The van der Waals surface area contributed by atoms with Gasteiger partial charge in [-0.3, -0.25) is 0 Å². The Morgan fingerprint density at radius 2 is 2.12 bits per heavy atom. The first-order chi connectivity index (χ1) is 7.75. The Labute approximate surface area is 100 Å². The summed E-state index contributed by atoms with van der Waals surface area (Å²) in [5, 5.41) is 5.49. The number of aromatic nitrogens is 1. The molecule has 0 fully saturated rings. The van der Waals surface area contributed by atoms with Crippen LogP contribution in [0.5, 0.6) is 0 Å². The van der Waals surface area contributed by atoms with Crippen LogP contribution in [-0.4, -0.2) is 4.98 Å². The van der Waals surface area contributed by atoms with Gasteiger partial charge in [-0.1, -0.05) is 23.8 Å². The van der Waals surface area contributed by atoms with Gasteiger partial charge in [0.2, 0.25) is 0 Å². The summed E-state index contributed by atoms with van der Waals surface area (Å²) in [5.41, 5.74) is 7.02. The summed E-state index contributed by atoms with van der Waals surface area (Å²) in [6, 6.07) is 6.57. The first kappa shape index (κ1) is 11.3. The molecule has 2 rings (SSSR count). The molecule has 1 N–H and O–H groups in total. The van der Waals surface area contributed by atoms with Crippen LogP contribution >= 0.6 is 11.3 Å². The molecule has 1 heterocycles. The lowest BCUT2D eigenvalue weighted by molar-refractivity contribution is 0.680. The van der Waals surface area contributed by atoms with Crippen LogP contribution < -0.4 is 5.32 Å². The Morgan fingerprint density at radius 3 is 2.81 bits per heavy atom. The third-order valence-corrected chi connectivity index (χ3v) is 3.24. The second-order valence-corrected chi connectivity index (χ2v) is 4.73. The van der Waals surface area contributed by atoms with Crippen LogP contribution in [-0.2, 0) is 13.1 Å². The van der Waals surface area contributed by atoms with Gasteiger partial charge in [-0.2, -0.15) is 0 Å². The van der Waals surface area contributed by atoms with E-state index in [4.69, 9.17) is 0 Å². The Morgan fingerprint density at radius 1 is 1.25 bits per heavy atom. The van der Waals surface area contributed by atoms with Crippen molar-refractivity contribution in [2.24, 2.45) is 0 Å². The Bertz CT molecular complexity index is 449. The molecule has 1 aromatic carbocycles. The number of hydrogen-bond acceptors (Lipinski definition) is 3. The van der Waals surface area contributed by atoms with Crippen molar-refractivity contribution in [2.45, 2.75) is 26.9 Å². The molecule has 0 aliphatic carbocycles. The quantitative estimate of drug-likeness (QED) is 0.876. The molecule has 0 saturated heterocycles. The highest BCUT2D eigenvalue weighted by Gasteiger charge is 1.99. The van der Waals surface area contributed by atoms with Crippen molar-refractivity contribution in [2.75, 3.05) is 0 Å². The van der Waals surface area contributed by atoms with Gasteiger partial charge in [0.25, 0.3) is 0 Å². The minimum atomic E-state index is 0.844. The van der Waals surface area contributed by atoms with E-state index in [1.807, 2.05) is 5.51 Å². The van der Waals surface area contributed by atoms with Crippen LogP contribution in [0.2, 0.25) is 0 Å². The van der Waals surface area contributed by atoms with Crippen LogP contribution in [0.4, 0.5) is 0 Å². The largest absolute Gasteiger partial charge is 0.307 e. The fraction of sp³-hybridized carbons (Fsp3) is 0.308. The van der Waals surface area contributed by atoms with Crippen LogP contribution in [0.3, 0.4) is 0 Å². The lowest BCUT2D eigenvalue weighted by Gasteiger charge is -2.07. The van der Waals surface area contributed by atoms with Crippen LogP contribution in [0, 0.1) is 13.8 Å². The lowest BCUT2D eigenvalue weighted by Crippen LogP contribution is -2.13. The highest BCUT2D eigenvalue weighted by Crippen LogP contribution is 2.10. The first-order valence-electron chi connectivity index (χ1n) is 5.39. The van der Waals surface area contributed by atoms with Crippen LogP contribution in [0.15, 0.2) is 29.1 Å². The van der Waals surface area contributed by atoms with E-state index in [0.717, 1.165) is 18.8 Å². The van der Waals surface area contributed by atoms with Gasteiger partial charge in [-0.25, -0.2) is 4.98 Å². The average molecular weight is 232 g/mol. The monoisotopic (exact) mass is 232 g/mol. The third-order valence-electron chi connectivity index (χ3n) is 2.60. The predicted octanol–water partition coefficient (Wildman–Crippen LogP) is 3.05. The van der Waals surface area contributed by atoms with Crippen molar-refractivity contribution in [3.05, 3.63) is 51.5 Å². The van der Waals surface area contributed by atoms with Gasteiger partial charge in [0.05, 0.1) is 11.2 Å². The molecule has 0 aliphatic rings. The number of benzene rings is 1. The number of rotatable bonds is 4. The first-order valence-corrected chi connectivity index (χ1v) is 6.34. The molecule has 0 atom stereocenters. The molecule has 0 aliphatic heterocycles. The Hall–Kier alpha value is -1.19. The molecule has 0 spiro atoms. The van der Waals surface area contributed by atoms with E-state index in [1.54, 1.807) is 11.3 Å². The normalized spacial score (nSPS) is 10.6. The molecular weight excluding hydrogens is 216 g/mol. The maximum Gasteiger partial charge on any atom is 0.0795 e. The number of thiazole rings is 1. The van der Waals surface area contributed by atoms with Gasteiger partial charge in [-0.15, -0.1) is 11.3 Å². The van der Waals surface area contributed by atoms with Crippen molar-refractivity contribution >= 4 is 11.3 Å². The van der Waals surface area contributed by atoms with Gasteiger partial charge < -0.3 is 5.32 Å². The zero-order chi connectivity index (χ0) is 11.4. The topological polar surface area (TPSA) is 24.9 Å². The van der Waals surface area contributed by atoms with Crippen LogP contribution in [0.1, 0.15) is 22.4 Å². The molecule has 3 heteroatoms. The molecule has 1 aromatic heterocycles. The summed E-state index contributed by atoms with van der Waals surface area (Å²) >= 11 is 1.64. The lowest BCUT2D eigenvalue weighted by atomic mass is 10.1. The van der Waals surface area contributed by atoms with Crippen molar-refractivity contribution in [3.63, 3.8) is 0 Å². The zero-order valence-corrected chi connectivity index (χ0v) is 10.5. The number of nitrogens with zero attached hydrogens (tertiary/aromatic N) is 1. The second kappa shape index (κ2) is 5.23. The fourth-order valence-corrected chi connectivity index (χ4v) is 2.25. The summed E-state index contributed by atoms with van der Waals surface area (Å²) in [4.78, 5) is 4.24. The molecule has 16 heavy (non-hydrogen) atoms. The van der Waals surface area contributed by atoms with Gasteiger partial charge in [-0.05, 0) is 25.0 Å². The van der Waals surface area contributed by atoms with Gasteiger partial charge in [0, 0.05) is 18.5 Å². The van der Waals surface area contributed by atoms with Crippen molar-refractivity contribution < 1.29 is 0 Å². The average Bonchev–Trinajstić information content (AvgIpc) is 2.74. The van der Waals surface area contributed by atoms with Gasteiger partial charge in [0.1, 0.15) is 0 Å². The predicted molar refractivity (Wildman–Crippen MR) is 68.6 cm³/mol. The summed E-state index contributed by atoms with van der Waals surface area (Å²) < 4.78 is 0. The van der Waals surface area contributed by atoms with Crippen molar-refractivity contribution in [1.29, 1.82) is 0 Å². The highest BCUT2D eigenvalue weighted by atomic mass is 32.1. The number of aryl methyl sites for hydroxylation is 2. The van der Waals surface area contributed by atoms with Crippen molar-refractivity contribution in [3.8, 4) is 0 Å².